The van der Waals surface area contributed by atoms with Crippen LogP contribution < -0.4 is 0 Å². The van der Waals surface area contributed by atoms with Crippen molar-refractivity contribution >= 4 is 12.4 Å². The maximum absolute atomic E-state index is 4.98. The van der Waals surface area contributed by atoms with Gasteiger partial charge in [-0.1, -0.05) is 35.4 Å². The van der Waals surface area contributed by atoms with Crippen molar-refractivity contribution in [1.29, 1.82) is 0 Å². The van der Waals surface area contributed by atoms with Gasteiger partial charge < -0.3 is 0 Å². The molecule has 0 aliphatic heterocycles. The molecular formula is C26H36N2. The van der Waals surface area contributed by atoms with Crippen LogP contribution in [-0.2, 0) is 0 Å². The van der Waals surface area contributed by atoms with Gasteiger partial charge in [0.15, 0.2) is 0 Å². The average Bonchev–Trinajstić information content (AvgIpc) is 2.52. The van der Waals surface area contributed by atoms with Crippen LogP contribution >= 0.6 is 0 Å². The van der Waals surface area contributed by atoms with Crippen LogP contribution in [0.1, 0.15) is 72.2 Å². The molecule has 150 valence electrons. The summed E-state index contributed by atoms with van der Waals surface area (Å²) in [6.07, 6.45) is 4.06. The molecule has 2 nitrogen and oxygen atoms in total. The van der Waals surface area contributed by atoms with Crippen molar-refractivity contribution in [1.82, 2.24) is 0 Å². The highest BCUT2D eigenvalue weighted by molar-refractivity contribution is 5.85. The van der Waals surface area contributed by atoms with Crippen molar-refractivity contribution in [3.8, 4) is 0 Å². The second-order valence-corrected chi connectivity index (χ2v) is 9.26. The molecule has 0 bridgehead atoms. The van der Waals surface area contributed by atoms with Crippen LogP contribution in [0.25, 0.3) is 0 Å². The van der Waals surface area contributed by atoms with E-state index in [9.17, 15) is 0 Å². The van der Waals surface area contributed by atoms with Gasteiger partial charge in [-0.25, -0.2) is 0 Å². The standard InChI is InChI=1S/C26H36N2/c1-17-11-19(3)23(20(4)12-17)15-27-25(7,8)26(9,10)28-16-24-21(5)13-18(2)14-22(24)6/h11-16H,1-10H3. The Kier molecular flexibility index (Phi) is 6.33. The van der Waals surface area contributed by atoms with E-state index in [1.165, 1.54) is 44.5 Å². The van der Waals surface area contributed by atoms with Crippen molar-refractivity contribution < 1.29 is 0 Å². The Labute approximate surface area is 171 Å². The number of benzene rings is 2. The van der Waals surface area contributed by atoms with E-state index in [-0.39, 0.29) is 11.1 Å². The summed E-state index contributed by atoms with van der Waals surface area (Å²) >= 11 is 0. The summed E-state index contributed by atoms with van der Waals surface area (Å²) in [5.74, 6) is 0. The highest BCUT2D eigenvalue weighted by atomic mass is 15.0. The molecular weight excluding hydrogens is 340 g/mol. The SMILES string of the molecule is Cc1cc(C)c(C=NC(C)(C)C(C)(C)N=Cc2c(C)cc(C)cc2C)c(C)c1. The van der Waals surface area contributed by atoms with E-state index in [1.54, 1.807) is 0 Å². The molecule has 0 saturated carbocycles. The highest BCUT2D eigenvalue weighted by Crippen LogP contribution is 2.30. The molecule has 0 heterocycles. The largest absolute Gasteiger partial charge is 0.284 e. The smallest absolute Gasteiger partial charge is 0.0797 e. The summed E-state index contributed by atoms with van der Waals surface area (Å²) in [6, 6.07) is 8.86. The van der Waals surface area contributed by atoms with E-state index in [4.69, 9.17) is 9.98 Å². The second-order valence-electron chi connectivity index (χ2n) is 9.26. The zero-order chi connectivity index (χ0) is 21.3. The number of rotatable bonds is 5. The van der Waals surface area contributed by atoms with Crippen LogP contribution in [0.5, 0.6) is 0 Å². The van der Waals surface area contributed by atoms with Crippen molar-refractivity contribution in [2.75, 3.05) is 0 Å². The van der Waals surface area contributed by atoms with Crippen LogP contribution in [0.4, 0.5) is 0 Å². The molecule has 0 fully saturated rings. The molecule has 0 atom stereocenters. The molecule has 0 aliphatic rings. The van der Waals surface area contributed by atoms with E-state index in [0.29, 0.717) is 0 Å². The lowest BCUT2D eigenvalue weighted by molar-refractivity contribution is 0.317. The summed E-state index contributed by atoms with van der Waals surface area (Å²) in [5, 5.41) is 0. The average molecular weight is 377 g/mol. The van der Waals surface area contributed by atoms with Gasteiger partial charge in [-0.2, -0.15) is 0 Å². The van der Waals surface area contributed by atoms with Gasteiger partial charge in [-0.3, -0.25) is 9.98 Å². The third kappa shape index (κ3) is 4.79. The van der Waals surface area contributed by atoms with Gasteiger partial charge in [-0.15, -0.1) is 0 Å². The Morgan fingerprint density at radius 2 is 0.786 bits per heavy atom. The minimum Gasteiger partial charge on any atom is -0.284 e. The van der Waals surface area contributed by atoms with Crippen LogP contribution in [0.15, 0.2) is 34.3 Å². The number of hydrogen-bond acceptors (Lipinski definition) is 2. The van der Waals surface area contributed by atoms with Crippen molar-refractivity contribution in [2.24, 2.45) is 9.98 Å². The first-order chi connectivity index (χ1) is 12.8. The van der Waals surface area contributed by atoms with E-state index in [0.717, 1.165) is 0 Å². The van der Waals surface area contributed by atoms with E-state index in [2.05, 4.69) is 93.5 Å². The zero-order valence-electron chi connectivity index (χ0n) is 19.4. The fourth-order valence-corrected chi connectivity index (χ4v) is 3.56. The third-order valence-corrected chi connectivity index (χ3v) is 6.01. The summed E-state index contributed by atoms with van der Waals surface area (Å²) in [6.45, 7) is 21.5. The lowest BCUT2D eigenvalue weighted by Gasteiger charge is -2.35. The van der Waals surface area contributed by atoms with Crippen LogP contribution in [0.3, 0.4) is 0 Å². The normalized spacial score (nSPS) is 13.1. The number of aliphatic imine (C=N–C) groups is 2. The number of hydrogen-bond donors (Lipinski definition) is 0. The van der Waals surface area contributed by atoms with Crippen molar-refractivity contribution in [3.05, 3.63) is 68.8 Å². The topological polar surface area (TPSA) is 24.7 Å². The summed E-state index contributed by atoms with van der Waals surface area (Å²) in [5.41, 5.74) is 9.41. The molecule has 0 spiro atoms. The maximum atomic E-state index is 4.98. The van der Waals surface area contributed by atoms with Gasteiger partial charge in [-0.05, 0) is 103 Å². The Hall–Kier alpha value is -2.22. The van der Waals surface area contributed by atoms with Gasteiger partial charge in [0.25, 0.3) is 0 Å². The Bertz CT molecular complexity index is 804. The lowest BCUT2D eigenvalue weighted by Crippen LogP contribution is -2.42. The maximum Gasteiger partial charge on any atom is 0.0797 e. The van der Waals surface area contributed by atoms with Crippen molar-refractivity contribution in [2.45, 2.75) is 80.3 Å². The zero-order valence-corrected chi connectivity index (χ0v) is 19.4. The minimum atomic E-state index is -0.334. The first kappa shape index (κ1) is 22.1. The fourth-order valence-electron chi connectivity index (χ4n) is 3.56. The Morgan fingerprint density at radius 1 is 0.536 bits per heavy atom. The molecule has 2 rings (SSSR count). The predicted octanol–water partition coefficient (Wildman–Crippen LogP) is 6.63. The van der Waals surface area contributed by atoms with Gasteiger partial charge in [0, 0.05) is 12.4 Å². The minimum absolute atomic E-state index is 0.334. The number of nitrogens with zero attached hydrogens (tertiary/aromatic N) is 2. The molecule has 0 N–H and O–H groups in total. The fraction of sp³-hybridized carbons (Fsp3) is 0.462. The molecule has 2 heteroatoms. The third-order valence-electron chi connectivity index (χ3n) is 6.01. The molecule has 28 heavy (non-hydrogen) atoms. The Morgan fingerprint density at radius 3 is 1.04 bits per heavy atom. The quantitative estimate of drug-likeness (QED) is 0.523. The summed E-state index contributed by atoms with van der Waals surface area (Å²) < 4.78 is 0. The molecule has 0 saturated heterocycles. The summed E-state index contributed by atoms with van der Waals surface area (Å²) in [4.78, 5) is 9.96. The van der Waals surface area contributed by atoms with E-state index in [1.807, 2.05) is 12.4 Å². The van der Waals surface area contributed by atoms with E-state index >= 15 is 0 Å². The molecule has 2 aromatic rings. The van der Waals surface area contributed by atoms with Crippen LogP contribution in [0.2, 0.25) is 0 Å². The summed E-state index contributed by atoms with van der Waals surface area (Å²) in [7, 11) is 0. The van der Waals surface area contributed by atoms with Gasteiger partial charge in [0.05, 0.1) is 11.1 Å². The molecule has 0 aromatic heterocycles. The van der Waals surface area contributed by atoms with Crippen molar-refractivity contribution in [3.63, 3.8) is 0 Å². The number of aryl methyl sites for hydroxylation is 6. The first-order valence-corrected chi connectivity index (χ1v) is 10.1. The van der Waals surface area contributed by atoms with E-state index < -0.39 is 0 Å². The van der Waals surface area contributed by atoms with Gasteiger partial charge >= 0.3 is 0 Å². The van der Waals surface area contributed by atoms with Gasteiger partial charge in [0.2, 0.25) is 0 Å². The second kappa shape index (κ2) is 8.03. The van der Waals surface area contributed by atoms with Crippen LogP contribution in [0, 0.1) is 41.5 Å². The molecule has 0 radical (unpaired) electrons. The predicted molar refractivity (Wildman–Crippen MR) is 125 cm³/mol. The van der Waals surface area contributed by atoms with Gasteiger partial charge in [0.1, 0.15) is 0 Å². The lowest BCUT2D eigenvalue weighted by atomic mass is 9.83. The monoisotopic (exact) mass is 376 g/mol. The highest BCUT2D eigenvalue weighted by Gasteiger charge is 2.35. The van der Waals surface area contributed by atoms with Crippen LogP contribution in [-0.4, -0.2) is 23.5 Å². The molecule has 0 aliphatic carbocycles. The molecule has 0 amide bonds. The molecule has 2 aromatic carbocycles. The Balaban J connectivity index is 2.34. The molecule has 0 unspecified atom stereocenters. The first-order valence-electron chi connectivity index (χ1n) is 10.1.